The zero-order valence-corrected chi connectivity index (χ0v) is 11.6. The Labute approximate surface area is 118 Å². The molecule has 0 heterocycles. The van der Waals surface area contributed by atoms with E-state index in [0.717, 1.165) is 0 Å². The van der Waals surface area contributed by atoms with E-state index in [1.54, 1.807) is 6.07 Å². The van der Waals surface area contributed by atoms with E-state index in [0.29, 0.717) is 23.7 Å². The molecule has 4 nitrogen and oxygen atoms in total. The van der Waals surface area contributed by atoms with Gasteiger partial charge in [0, 0.05) is 4.47 Å². The molecule has 2 rings (SSSR count). The van der Waals surface area contributed by atoms with Crippen LogP contribution in [0.3, 0.4) is 0 Å². The van der Waals surface area contributed by atoms with E-state index in [2.05, 4.69) is 21.2 Å². The van der Waals surface area contributed by atoms with Gasteiger partial charge in [-0.15, -0.1) is 0 Å². The van der Waals surface area contributed by atoms with Gasteiger partial charge in [0.05, 0.1) is 17.5 Å². The van der Waals surface area contributed by atoms with E-state index in [9.17, 15) is 14.0 Å². The number of halogens is 2. The minimum absolute atomic E-state index is 0.0588. The lowest BCUT2D eigenvalue weighted by molar-refractivity contribution is -0.145. The number of aliphatic carboxylic acids is 1. The van der Waals surface area contributed by atoms with Crippen LogP contribution in [0.1, 0.15) is 19.3 Å². The molecule has 0 bridgehead atoms. The standard InChI is InChI=1S/C13H13BrFNO3/c14-9-5-2-6-10(15)11(9)16-12(17)7-3-1-4-8(7)13(18)19/h2,5-8H,1,3-4H2,(H,16,17)(H,18,19). The lowest BCUT2D eigenvalue weighted by Crippen LogP contribution is -2.30. The third-order valence-corrected chi connectivity index (χ3v) is 4.04. The lowest BCUT2D eigenvalue weighted by atomic mass is 9.95. The van der Waals surface area contributed by atoms with Crippen molar-refractivity contribution in [2.24, 2.45) is 11.8 Å². The molecule has 0 radical (unpaired) electrons. The highest BCUT2D eigenvalue weighted by atomic mass is 79.9. The number of carbonyl (C=O) groups is 2. The maximum Gasteiger partial charge on any atom is 0.307 e. The predicted octanol–water partition coefficient (Wildman–Crippen LogP) is 3.03. The molecule has 1 fully saturated rings. The minimum atomic E-state index is -0.967. The van der Waals surface area contributed by atoms with Gasteiger partial charge >= 0.3 is 5.97 Å². The Morgan fingerprint density at radius 3 is 2.63 bits per heavy atom. The van der Waals surface area contributed by atoms with Gasteiger partial charge in [-0.25, -0.2) is 4.39 Å². The Kier molecular flexibility index (Phi) is 4.19. The number of para-hydroxylation sites is 1. The van der Waals surface area contributed by atoms with Crippen LogP contribution in [-0.2, 0) is 9.59 Å². The smallest absolute Gasteiger partial charge is 0.307 e. The van der Waals surface area contributed by atoms with Crippen LogP contribution in [0, 0.1) is 17.7 Å². The summed E-state index contributed by atoms with van der Waals surface area (Å²) in [7, 11) is 0. The molecule has 6 heteroatoms. The number of hydrogen-bond acceptors (Lipinski definition) is 2. The largest absolute Gasteiger partial charge is 0.481 e. The fraction of sp³-hybridized carbons (Fsp3) is 0.385. The molecule has 1 aliphatic rings. The van der Waals surface area contributed by atoms with Crippen LogP contribution in [-0.4, -0.2) is 17.0 Å². The Hall–Kier alpha value is -1.43. The van der Waals surface area contributed by atoms with Crippen LogP contribution < -0.4 is 5.32 Å². The Morgan fingerprint density at radius 2 is 2.00 bits per heavy atom. The highest BCUT2D eigenvalue weighted by Gasteiger charge is 2.38. The van der Waals surface area contributed by atoms with Crippen molar-refractivity contribution < 1.29 is 19.1 Å². The van der Waals surface area contributed by atoms with E-state index in [-0.39, 0.29) is 5.69 Å². The van der Waals surface area contributed by atoms with E-state index >= 15 is 0 Å². The molecule has 102 valence electrons. The van der Waals surface area contributed by atoms with Crippen molar-refractivity contribution in [3.63, 3.8) is 0 Å². The number of nitrogens with one attached hydrogen (secondary N) is 1. The molecule has 1 aromatic carbocycles. The number of hydrogen-bond donors (Lipinski definition) is 2. The maximum atomic E-state index is 13.6. The zero-order chi connectivity index (χ0) is 14.0. The fourth-order valence-electron chi connectivity index (χ4n) is 2.40. The van der Waals surface area contributed by atoms with Gasteiger partial charge in [0.2, 0.25) is 5.91 Å². The van der Waals surface area contributed by atoms with E-state index in [4.69, 9.17) is 5.11 Å². The van der Waals surface area contributed by atoms with Gasteiger partial charge in [0.1, 0.15) is 5.82 Å². The van der Waals surface area contributed by atoms with Crippen molar-refractivity contribution in [2.75, 3.05) is 5.32 Å². The van der Waals surface area contributed by atoms with Crippen molar-refractivity contribution in [3.8, 4) is 0 Å². The molecule has 1 aromatic rings. The minimum Gasteiger partial charge on any atom is -0.481 e. The van der Waals surface area contributed by atoms with Crippen LogP contribution in [0.4, 0.5) is 10.1 Å². The summed E-state index contributed by atoms with van der Waals surface area (Å²) in [5, 5.41) is 11.5. The summed E-state index contributed by atoms with van der Waals surface area (Å²) in [5.74, 6) is -3.22. The highest BCUT2D eigenvalue weighted by molar-refractivity contribution is 9.10. The monoisotopic (exact) mass is 329 g/mol. The quantitative estimate of drug-likeness (QED) is 0.895. The fourth-order valence-corrected chi connectivity index (χ4v) is 2.84. The van der Waals surface area contributed by atoms with E-state index < -0.39 is 29.5 Å². The summed E-state index contributed by atoms with van der Waals surface area (Å²) in [6.45, 7) is 0. The molecule has 0 saturated heterocycles. The molecule has 1 saturated carbocycles. The average molecular weight is 330 g/mol. The van der Waals surface area contributed by atoms with Gasteiger partial charge in [-0.2, -0.15) is 0 Å². The molecule has 1 aliphatic carbocycles. The van der Waals surface area contributed by atoms with Gasteiger partial charge in [-0.1, -0.05) is 12.5 Å². The van der Waals surface area contributed by atoms with Crippen LogP contribution in [0.5, 0.6) is 0 Å². The molecule has 1 amide bonds. The van der Waals surface area contributed by atoms with Gasteiger partial charge in [0.15, 0.2) is 0 Å². The van der Waals surface area contributed by atoms with Crippen LogP contribution in [0.15, 0.2) is 22.7 Å². The van der Waals surface area contributed by atoms with Crippen molar-refractivity contribution in [1.82, 2.24) is 0 Å². The third-order valence-electron chi connectivity index (χ3n) is 3.38. The highest BCUT2D eigenvalue weighted by Crippen LogP contribution is 2.34. The third kappa shape index (κ3) is 2.94. The van der Waals surface area contributed by atoms with E-state index in [1.165, 1.54) is 12.1 Å². The molecule has 0 aliphatic heterocycles. The molecule has 2 N–H and O–H groups in total. The van der Waals surface area contributed by atoms with Gasteiger partial charge < -0.3 is 10.4 Å². The Morgan fingerprint density at radius 1 is 1.32 bits per heavy atom. The first-order chi connectivity index (χ1) is 9.00. The van der Waals surface area contributed by atoms with Crippen molar-refractivity contribution in [3.05, 3.63) is 28.5 Å². The van der Waals surface area contributed by atoms with Gasteiger partial charge in [-0.3, -0.25) is 9.59 Å². The first-order valence-corrected chi connectivity index (χ1v) is 6.77. The van der Waals surface area contributed by atoms with Crippen LogP contribution in [0.2, 0.25) is 0 Å². The number of anilines is 1. The van der Waals surface area contributed by atoms with Crippen molar-refractivity contribution in [2.45, 2.75) is 19.3 Å². The second-order valence-corrected chi connectivity index (χ2v) is 5.42. The number of carbonyl (C=O) groups excluding carboxylic acids is 1. The number of carboxylic acid groups (broad SMARTS) is 1. The maximum absolute atomic E-state index is 13.6. The molecule has 0 aromatic heterocycles. The summed E-state index contributed by atoms with van der Waals surface area (Å²) in [5.41, 5.74) is 0.0588. The first-order valence-electron chi connectivity index (χ1n) is 5.98. The second-order valence-electron chi connectivity index (χ2n) is 4.57. The molecular formula is C13H13BrFNO3. The Balaban J connectivity index is 2.15. The molecule has 0 spiro atoms. The Bertz CT molecular complexity index is 500. The summed E-state index contributed by atoms with van der Waals surface area (Å²) < 4.78 is 14.0. The van der Waals surface area contributed by atoms with Gasteiger partial charge in [0.25, 0.3) is 0 Å². The molecule has 2 atom stereocenters. The summed E-state index contributed by atoms with van der Waals surface area (Å²) >= 11 is 3.16. The normalized spacial score (nSPS) is 22.2. The molecular weight excluding hydrogens is 317 g/mol. The lowest BCUT2D eigenvalue weighted by Gasteiger charge is -2.16. The van der Waals surface area contributed by atoms with Gasteiger partial charge in [-0.05, 0) is 40.9 Å². The molecule has 2 unspecified atom stereocenters. The first kappa shape index (κ1) is 14.0. The number of benzene rings is 1. The van der Waals surface area contributed by atoms with Crippen LogP contribution >= 0.6 is 15.9 Å². The molecule has 19 heavy (non-hydrogen) atoms. The summed E-state index contributed by atoms with van der Waals surface area (Å²) in [6.07, 6.45) is 1.72. The number of carboxylic acids is 1. The topological polar surface area (TPSA) is 66.4 Å². The summed E-state index contributed by atoms with van der Waals surface area (Å²) in [4.78, 5) is 23.1. The average Bonchev–Trinajstić information content (AvgIpc) is 2.83. The zero-order valence-electron chi connectivity index (χ0n) is 10.0. The SMILES string of the molecule is O=C(O)C1CCCC1C(=O)Nc1c(F)cccc1Br. The van der Waals surface area contributed by atoms with Crippen LogP contribution in [0.25, 0.3) is 0 Å². The van der Waals surface area contributed by atoms with Crippen molar-refractivity contribution in [1.29, 1.82) is 0 Å². The second kappa shape index (κ2) is 5.69. The van der Waals surface area contributed by atoms with Crippen molar-refractivity contribution >= 4 is 33.5 Å². The number of amides is 1. The number of rotatable bonds is 3. The van der Waals surface area contributed by atoms with E-state index in [1.807, 2.05) is 0 Å². The predicted molar refractivity (Wildman–Crippen MR) is 71.2 cm³/mol. The summed E-state index contributed by atoms with van der Waals surface area (Å²) in [6, 6.07) is 4.37.